The van der Waals surface area contributed by atoms with Gasteiger partial charge in [-0.2, -0.15) is 0 Å². The SMILES string of the molecule is CCOC(=O)C12CCC(c3ccc(OC)c(C)c3)(CC1)CC2. The predicted molar refractivity (Wildman–Crippen MR) is 86.2 cm³/mol. The van der Waals surface area contributed by atoms with Gasteiger partial charge in [-0.3, -0.25) is 4.79 Å². The Labute approximate surface area is 133 Å². The van der Waals surface area contributed by atoms with Crippen molar-refractivity contribution >= 4 is 5.97 Å². The Balaban J connectivity index is 1.82. The van der Waals surface area contributed by atoms with Crippen LogP contribution in [0.4, 0.5) is 0 Å². The maximum Gasteiger partial charge on any atom is 0.312 e. The molecule has 2 bridgehead atoms. The maximum absolute atomic E-state index is 12.3. The molecule has 120 valence electrons. The van der Waals surface area contributed by atoms with E-state index in [9.17, 15) is 4.79 Å². The van der Waals surface area contributed by atoms with Gasteiger partial charge in [0.2, 0.25) is 0 Å². The molecule has 3 fully saturated rings. The first-order valence-corrected chi connectivity index (χ1v) is 8.38. The van der Waals surface area contributed by atoms with E-state index >= 15 is 0 Å². The second-order valence-corrected chi connectivity index (χ2v) is 6.97. The minimum atomic E-state index is -0.195. The zero-order chi connectivity index (χ0) is 15.8. The summed E-state index contributed by atoms with van der Waals surface area (Å²) in [5.41, 5.74) is 2.68. The van der Waals surface area contributed by atoms with E-state index in [2.05, 4.69) is 25.1 Å². The van der Waals surface area contributed by atoms with E-state index < -0.39 is 0 Å². The number of carbonyl (C=O) groups is 1. The van der Waals surface area contributed by atoms with E-state index in [1.54, 1.807) is 7.11 Å². The van der Waals surface area contributed by atoms with Crippen molar-refractivity contribution < 1.29 is 14.3 Å². The van der Waals surface area contributed by atoms with Crippen molar-refractivity contribution in [2.24, 2.45) is 5.41 Å². The van der Waals surface area contributed by atoms with Crippen molar-refractivity contribution in [3.63, 3.8) is 0 Å². The first-order chi connectivity index (χ1) is 10.6. The number of aryl methyl sites for hydroxylation is 1. The van der Waals surface area contributed by atoms with Crippen molar-refractivity contribution in [1.82, 2.24) is 0 Å². The summed E-state index contributed by atoms with van der Waals surface area (Å²) in [5.74, 6) is 0.988. The Bertz CT molecular complexity index is 552. The molecule has 4 rings (SSSR count). The van der Waals surface area contributed by atoms with Gasteiger partial charge in [-0.05, 0) is 75.0 Å². The minimum absolute atomic E-state index is 0.0363. The van der Waals surface area contributed by atoms with Gasteiger partial charge in [0.25, 0.3) is 0 Å². The predicted octanol–water partition coefficient (Wildman–Crippen LogP) is 4.16. The Morgan fingerprint density at radius 1 is 1.14 bits per heavy atom. The standard InChI is InChI=1S/C19H26O3/c1-4-22-17(20)19-10-7-18(8-11-19,9-12-19)15-5-6-16(21-3)14(2)13-15/h5-6,13H,4,7-12H2,1-3H3. The zero-order valence-corrected chi connectivity index (χ0v) is 13.9. The van der Waals surface area contributed by atoms with E-state index in [1.807, 2.05) is 6.92 Å². The van der Waals surface area contributed by atoms with Crippen LogP contribution in [0.3, 0.4) is 0 Å². The van der Waals surface area contributed by atoms with E-state index in [0.717, 1.165) is 44.3 Å². The zero-order valence-electron chi connectivity index (χ0n) is 13.9. The number of carbonyl (C=O) groups excluding carboxylic acids is 1. The molecule has 0 radical (unpaired) electrons. The highest BCUT2D eigenvalue weighted by atomic mass is 16.5. The largest absolute Gasteiger partial charge is 0.496 e. The summed E-state index contributed by atoms with van der Waals surface area (Å²) in [6.07, 6.45) is 6.19. The topological polar surface area (TPSA) is 35.5 Å². The van der Waals surface area contributed by atoms with Crippen LogP contribution in [0.1, 0.15) is 56.6 Å². The van der Waals surface area contributed by atoms with Crippen molar-refractivity contribution in [1.29, 1.82) is 0 Å². The summed E-state index contributed by atoms with van der Waals surface area (Å²) in [5, 5.41) is 0. The van der Waals surface area contributed by atoms with E-state index in [4.69, 9.17) is 9.47 Å². The number of ether oxygens (including phenoxy) is 2. The molecule has 22 heavy (non-hydrogen) atoms. The van der Waals surface area contributed by atoms with Crippen LogP contribution in [0.25, 0.3) is 0 Å². The Kier molecular flexibility index (Phi) is 3.92. The van der Waals surface area contributed by atoms with Gasteiger partial charge in [0.05, 0.1) is 19.1 Å². The highest BCUT2D eigenvalue weighted by Gasteiger charge is 2.53. The van der Waals surface area contributed by atoms with Crippen LogP contribution in [0.5, 0.6) is 5.75 Å². The van der Waals surface area contributed by atoms with Gasteiger partial charge >= 0.3 is 5.97 Å². The smallest absolute Gasteiger partial charge is 0.312 e. The fraction of sp³-hybridized carbons (Fsp3) is 0.632. The molecule has 3 saturated carbocycles. The lowest BCUT2D eigenvalue weighted by Gasteiger charge is -2.52. The third-order valence-electron chi connectivity index (χ3n) is 5.96. The molecular formula is C19H26O3. The number of benzene rings is 1. The molecule has 3 nitrogen and oxygen atoms in total. The summed E-state index contributed by atoms with van der Waals surface area (Å²) in [6.45, 7) is 4.49. The molecule has 0 saturated heterocycles. The van der Waals surface area contributed by atoms with Crippen molar-refractivity contribution in [3.05, 3.63) is 29.3 Å². The van der Waals surface area contributed by atoms with Crippen LogP contribution in [-0.2, 0) is 14.9 Å². The van der Waals surface area contributed by atoms with E-state index in [0.29, 0.717) is 6.61 Å². The number of methoxy groups -OCH3 is 1. The first-order valence-electron chi connectivity index (χ1n) is 8.38. The molecule has 3 heteroatoms. The van der Waals surface area contributed by atoms with Gasteiger partial charge in [0.15, 0.2) is 0 Å². The lowest BCUT2D eigenvalue weighted by Crippen LogP contribution is -2.48. The second kappa shape index (κ2) is 5.60. The average Bonchev–Trinajstić information content (AvgIpc) is 2.56. The van der Waals surface area contributed by atoms with Crippen molar-refractivity contribution in [2.45, 2.75) is 57.8 Å². The molecule has 1 aromatic carbocycles. The van der Waals surface area contributed by atoms with E-state index in [-0.39, 0.29) is 16.8 Å². The van der Waals surface area contributed by atoms with Gasteiger partial charge in [-0.25, -0.2) is 0 Å². The number of hydrogen-bond acceptors (Lipinski definition) is 3. The molecule has 0 heterocycles. The molecule has 0 N–H and O–H groups in total. The third kappa shape index (κ3) is 2.31. The van der Waals surface area contributed by atoms with Crippen molar-refractivity contribution in [3.8, 4) is 5.75 Å². The van der Waals surface area contributed by atoms with Gasteiger partial charge in [0.1, 0.15) is 5.75 Å². The lowest BCUT2D eigenvalue weighted by atomic mass is 9.52. The number of rotatable bonds is 4. The quantitative estimate of drug-likeness (QED) is 0.783. The van der Waals surface area contributed by atoms with Crippen LogP contribution < -0.4 is 4.74 Å². The Morgan fingerprint density at radius 2 is 1.77 bits per heavy atom. The average molecular weight is 302 g/mol. The Morgan fingerprint density at radius 3 is 2.27 bits per heavy atom. The van der Waals surface area contributed by atoms with E-state index in [1.165, 1.54) is 11.1 Å². The fourth-order valence-electron chi connectivity index (χ4n) is 4.42. The first kappa shape index (κ1) is 15.4. The van der Waals surface area contributed by atoms with Crippen LogP contribution in [-0.4, -0.2) is 19.7 Å². The molecular weight excluding hydrogens is 276 g/mol. The van der Waals surface area contributed by atoms with Gasteiger partial charge in [-0.15, -0.1) is 0 Å². The summed E-state index contributed by atoms with van der Waals surface area (Å²) >= 11 is 0. The lowest BCUT2D eigenvalue weighted by molar-refractivity contribution is -0.162. The molecule has 0 aromatic heterocycles. The maximum atomic E-state index is 12.3. The van der Waals surface area contributed by atoms with Crippen LogP contribution >= 0.6 is 0 Å². The van der Waals surface area contributed by atoms with Crippen LogP contribution in [0, 0.1) is 12.3 Å². The van der Waals surface area contributed by atoms with Crippen LogP contribution in [0.15, 0.2) is 18.2 Å². The summed E-state index contributed by atoms with van der Waals surface area (Å²) in [4.78, 5) is 12.3. The molecule has 0 atom stereocenters. The number of fused-ring (bicyclic) bond motifs is 3. The second-order valence-electron chi connectivity index (χ2n) is 6.97. The molecule has 3 aliphatic carbocycles. The van der Waals surface area contributed by atoms with Gasteiger partial charge < -0.3 is 9.47 Å². The number of hydrogen-bond donors (Lipinski definition) is 0. The number of esters is 1. The van der Waals surface area contributed by atoms with Gasteiger partial charge in [0, 0.05) is 0 Å². The highest BCUT2D eigenvalue weighted by Crippen LogP contribution is 2.58. The van der Waals surface area contributed by atoms with Crippen molar-refractivity contribution in [2.75, 3.05) is 13.7 Å². The third-order valence-corrected chi connectivity index (χ3v) is 5.96. The summed E-state index contributed by atoms with van der Waals surface area (Å²) < 4.78 is 10.7. The summed E-state index contributed by atoms with van der Waals surface area (Å²) in [6, 6.07) is 6.58. The Hall–Kier alpha value is -1.51. The van der Waals surface area contributed by atoms with Crippen LogP contribution in [0.2, 0.25) is 0 Å². The molecule has 0 unspecified atom stereocenters. The molecule has 0 spiro atoms. The fourth-order valence-corrected chi connectivity index (χ4v) is 4.42. The minimum Gasteiger partial charge on any atom is -0.496 e. The highest BCUT2D eigenvalue weighted by molar-refractivity contribution is 5.77. The monoisotopic (exact) mass is 302 g/mol. The summed E-state index contributed by atoms with van der Waals surface area (Å²) in [7, 11) is 1.72. The molecule has 0 aliphatic heterocycles. The normalized spacial score (nSPS) is 30.1. The van der Waals surface area contributed by atoms with Gasteiger partial charge in [-0.1, -0.05) is 12.1 Å². The molecule has 1 aromatic rings. The molecule has 0 amide bonds. The molecule has 3 aliphatic rings.